The highest BCUT2D eigenvalue weighted by atomic mass is 32.2. The van der Waals surface area contributed by atoms with E-state index >= 15 is 0 Å². The third-order valence-electron chi connectivity index (χ3n) is 8.86. The van der Waals surface area contributed by atoms with Gasteiger partial charge in [-0.05, 0) is 65.8 Å². The molecule has 15 heteroatoms. The Morgan fingerprint density at radius 1 is 0.717 bits per heavy atom. The summed E-state index contributed by atoms with van der Waals surface area (Å²) in [5.41, 5.74) is 9.88. The maximum Gasteiger partial charge on any atom is 0.326 e. The molecule has 0 fully saturated rings. The largest absolute Gasteiger partial charge is 0.508 e. The zero-order valence-corrected chi connectivity index (χ0v) is 29.9. The molecule has 0 aliphatic rings. The predicted molar refractivity (Wildman–Crippen MR) is 203 cm³/mol. The Morgan fingerprint density at radius 2 is 1.25 bits per heavy atom. The van der Waals surface area contributed by atoms with Crippen molar-refractivity contribution in [3.63, 3.8) is 0 Å². The Balaban J connectivity index is 1.35. The summed E-state index contributed by atoms with van der Waals surface area (Å²) in [5, 5.41) is 31.6. The number of nitrogens with two attached hydrogens (primary N) is 1. The highest BCUT2D eigenvalue weighted by Crippen LogP contribution is 2.21. The summed E-state index contributed by atoms with van der Waals surface area (Å²) in [7, 11) is 0. The maximum atomic E-state index is 14.1. The van der Waals surface area contributed by atoms with E-state index in [0.29, 0.717) is 5.75 Å². The van der Waals surface area contributed by atoms with Gasteiger partial charge < -0.3 is 47.2 Å². The fourth-order valence-corrected chi connectivity index (χ4v) is 6.49. The van der Waals surface area contributed by atoms with Gasteiger partial charge in [0.2, 0.25) is 23.6 Å². The summed E-state index contributed by atoms with van der Waals surface area (Å²) < 4.78 is 0. The number of benzene rings is 3. The molecule has 278 valence electrons. The zero-order chi connectivity index (χ0) is 37.9. The van der Waals surface area contributed by atoms with Crippen LogP contribution in [0.25, 0.3) is 21.8 Å². The number of aliphatic carboxylic acids is 1. The van der Waals surface area contributed by atoms with E-state index in [-0.39, 0.29) is 31.4 Å². The fourth-order valence-electron chi connectivity index (χ4n) is 6.02. The summed E-state index contributed by atoms with van der Waals surface area (Å²) in [6.45, 7) is -0.477. The van der Waals surface area contributed by atoms with Crippen LogP contribution in [0.5, 0.6) is 5.75 Å². The molecule has 4 atom stereocenters. The molecular formula is C38H43N7O7S. The highest BCUT2D eigenvalue weighted by molar-refractivity contribution is 7.98. The number of aromatic nitrogens is 2. The number of aromatic hydroxyl groups is 1. The summed E-state index contributed by atoms with van der Waals surface area (Å²) in [5.74, 6) is -3.26. The molecule has 0 saturated carbocycles. The van der Waals surface area contributed by atoms with E-state index in [1.807, 2.05) is 54.8 Å². The van der Waals surface area contributed by atoms with Crippen LogP contribution in [0.4, 0.5) is 0 Å². The van der Waals surface area contributed by atoms with Crippen LogP contribution < -0.4 is 27.0 Å². The quantitative estimate of drug-likeness (QED) is 0.0640. The number of H-pyrrole nitrogens is 2. The van der Waals surface area contributed by atoms with E-state index in [4.69, 9.17) is 5.73 Å². The molecule has 0 aliphatic heterocycles. The van der Waals surface area contributed by atoms with Crippen LogP contribution in [0.3, 0.4) is 0 Å². The fraction of sp³-hybridized carbons (Fsp3) is 0.289. The molecule has 0 bridgehead atoms. The third-order valence-corrected chi connectivity index (χ3v) is 9.50. The molecule has 53 heavy (non-hydrogen) atoms. The molecule has 10 N–H and O–H groups in total. The first-order valence-corrected chi connectivity index (χ1v) is 18.4. The Kier molecular flexibility index (Phi) is 13.1. The molecule has 4 amide bonds. The van der Waals surface area contributed by atoms with Crippen molar-refractivity contribution in [2.45, 2.75) is 49.9 Å². The molecule has 5 rings (SSSR count). The number of aromatic amines is 2. The molecule has 0 saturated heterocycles. The summed E-state index contributed by atoms with van der Waals surface area (Å²) in [6.07, 6.45) is 5.71. The molecule has 14 nitrogen and oxygen atoms in total. The van der Waals surface area contributed by atoms with Crippen LogP contribution in [0.2, 0.25) is 0 Å². The minimum atomic E-state index is -1.21. The van der Waals surface area contributed by atoms with Crippen molar-refractivity contribution in [2.24, 2.45) is 5.73 Å². The lowest BCUT2D eigenvalue weighted by Crippen LogP contribution is -2.57. The second-order valence-corrected chi connectivity index (χ2v) is 13.7. The minimum absolute atomic E-state index is 0.0270. The van der Waals surface area contributed by atoms with E-state index < -0.39 is 60.3 Å². The van der Waals surface area contributed by atoms with Gasteiger partial charge in [-0.3, -0.25) is 19.2 Å². The van der Waals surface area contributed by atoms with E-state index in [1.54, 1.807) is 24.5 Å². The van der Waals surface area contributed by atoms with Crippen LogP contribution in [-0.2, 0) is 43.2 Å². The number of carbonyl (C=O) groups excluding carboxylic acids is 4. The summed E-state index contributed by atoms with van der Waals surface area (Å²) >= 11 is 1.45. The number of thioether (sulfide) groups is 1. The average molecular weight is 742 g/mol. The first-order chi connectivity index (χ1) is 25.5. The van der Waals surface area contributed by atoms with Gasteiger partial charge in [-0.2, -0.15) is 11.8 Å². The van der Waals surface area contributed by atoms with Crippen molar-refractivity contribution in [3.8, 4) is 5.75 Å². The van der Waals surface area contributed by atoms with Crippen LogP contribution in [0.1, 0.15) is 23.1 Å². The molecule has 5 aromatic rings. The highest BCUT2D eigenvalue weighted by Gasteiger charge is 2.31. The Labute approximate surface area is 309 Å². The molecule has 0 radical (unpaired) electrons. The van der Waals surface area contributed by atoms with Crippen LogP contribution >= 0.6 is 11.8 Å². The van der Waals surface area contributed by atoms with E-state index in [1.165, 1.54) is 23.9 Å². The number of phenolic OH excluding ortho intramolecular Hbond substituents is 1. The van der Waals surface area contributed by atoms with Gasteiger partial charge in [-0.1, -0.05) is 48.5 Å². The van der Waals surface area contributed by atoms with Crippen molar-refractivity contribution < 1.29 is 34.2 Å². The van der Waals surface area contributed by atoms with Gasteiger partial charge in [0, 0.05) is 47.0 Å². The molecule has 2 aromatic heterocycles. The van der Waals surface area contributed by atoms with Crippen molar-refractivity contribution in [1.82, 2.24) is 31.2 Å². The Morgan fingerprint density at radius 3 is 1.79 bits per heavy atom. The number of amides is 4. The number of hydrogen-bond acceptors (Lipinski definition) is 8. The van der Waals surface area contributed by atoms with Gasteiger partial charge in [0.25, 0.3) is 0 Å². The van der Waals surface area contributed by atoms with Crippen molar-refractivity contribution >= 4 is 63.2 Å². The lowest BCUT2D eigenvalue weighted by atomic mass is 10.0. The smallest absolute Gasteiger partial charge is 0.326 e. The maximum absolute atomic E-state index is 14.1. The third kappa shape index (κ3) is 10.4. The predicted octanol–water partition coefficient (Wildman–Crippen LogP) is 2.12. The SMILES string of the molecule is CSCC[C@H](NC(=O)[C@H](Cc1c[nH]c2ccccc12)NC(=O)[C@H](Cc1c[nH]c2ccccc12)NC(=O)CNC(=O)[C@@H](N)Cc1ccc(O)cc1)C(=O)O. The van der Waals surface area contributed by atoms with Gasteiger partial charge >= 0.3 is 5.97 Å². The number of carboxylic acids is 1. The van der Waals surface area contributed by atoms with Gasteiger partial charge in [-0.25, -0.2) is 4.79 Å². The summed E-state index contributed by atoms with van der Waals surface area (Å²) in [4.78, 5) is 72.3. The molecule has 3 aromatic carbocycles. The van der Waals surface area contributed by atoms with Crippen molar-refractivity contribution in [1.29, 1.82) is 0 Å². The number of phenols is 1. The Hall–Kier alpha value is -5.80. The van der Waals surface area contributed by atoms with E-state index in [2.05, 4.69) is 31.2 Å². The normalized spacial score (nSPS) is 13.5. The van der Waals surface area contributed by atoms with E-state index in [0.717, 1.165) is 38.5 Å². The second kappa shape index (κ2) is 18.1. The lowest BCUT2D eigenvalue weighted by molar-refractivity contribution is -0.142. The van der Waals surface area contributed by atoms with Crippen LogP contribution in [0, 0.1) is 0 Å². The number of carbonyl (C=O) groups is 5. The van der Waals surface area contributed by atoms with Crippen molar-refractivity contribution in [2.75, 3.05) is 18.6 Å². The average Bonchev–Trinajstić information content (AvgIpc) is 3.76. The van der Waals surface area contributed by atoms with Crippen molar-refractivity contribution in [3.05, 3.63) is 102 Å². The van der Waals surface area contributed by atoms with E-state index in [9.17, 15) is 34.2 Å². The number of hydrogen-bond donors (Lipinski definition) is 9. The minimum Gasteiger partial charge on any atom is -0.508 e. The standard InChI is InChI=1S/C38H43N7O7S/c1-53-15-14-31(38(51)52)44-37(50)33(18-24-20-41-30-9-5-3-7-27(24)30)45-36(49)32(17-23-19-40-29-8-4-2-6-26(23)29)43-34(47)21-42-35(48)28(39)16-22-10-12-25(46)13-11-22/h2-13,19-20,28,31-33,40-41,46H,14-18,21,39H2,1H3,(H,42,48)(H,43,47)(H,44,50)(H,45,49)(H,51,52)/t28-,31-,32-,33-/m0/s1. The molecular weight excluding hydrogens is 699 g/mol. The van der Waals surface area contributed by atoms with Gasteiger partial charge in [0.1, 0.15) is 23.9 Å². The molecule has 0 aliphatic carbocycles. The first kappa shape index (κ1) is 38.4. The van der Waals surface area contributed by atoms with Gasteiger partial charge in [-0.15, -0.1) is 0 Å². The van der Waals surface area contributed by atoms with Crippen LogP contribution in [-0.4, -0.2) is 92.5 Å². The second-order valence-electron chi connectivity index (χ2n) is 12.7. The molecule has 2 heterocycles. The zero-order valence-electron chi connectivity index (χ0n) is 29.1. The lowest BCUT2D eigenvalue weighted by Gasteiger charge is -2.25. The topological polar surface area (TPSA) is 232 Å². The number of para-hydroxylation sites is 2. The first-order valence-electron chi connectivity index (χ1n) is 17.1. The number of carboxylic acid groups (broad SMARTS) is 1. The van der Waals surface area contributed by atoms with Crippen LogP contribution in [0.15, 0.2) is 85.2 Å². The molecule has 0 spiro atoms. The monoisotopic (exact) mass is 741 g/mol. The summed E-state index contributed by atoms with van der Waals surface area (Å²) in [6, 6.07) is 16.6. The number of rotatable bonds is 18. The Bertz CT molecular complexity index is 2060. The number of fused-ring (bicyclic) bond motifs is 2. The molecule has 0 unspecified atom stereocenters. The number of nitrogens with one attached hydrogen (secondary N) is 6. The van der Waals surface area contributed by atoms with Gasteiger partial charge in [0.05, 0.1) is 12.6 Å². The van der Waals surface area contributed by atoms with Gasteiger partial charge in [0.15, 0.2) is 0 Å².